The first kappa shape index (κ1) is 29.7. The Balaban J connectivity index is 1.92. The molecule has 3 rings (SSSR count). The van der Waals surface area contributed by atoms with Crippen LogP contribution in [0.3, 0.4) is 0 Å². The Bertz CT molecular complexity index is 882. The third-order valence-corrected chi connectivity index (χ3v) is 9.21. The van der Waals surface area contributed by atoms with Crippen molar-refractivity contribution in [2.24, 2.45) is 17.8 Å². The monoisotopic (exact) mass is 507 g/mol. The van der Waals surface area contributed by atoms with Crippen molar-refractivity contribution >= 4 is 0 Å². The molecule has 37 heavy (non-hydrogen) atoms. The minimum absolute atomic E-state index is 0.219. The smallest absolute Gasteiger partial charge is 0.118 e. The molecule has 5 atom stereocenters. The molecular weight excluding hydrogens is 454 g/mol. The van der Waals surface area contributed by atoms with Crippen LogP contribution in [0.5, 0.6) is 5.75 Å². The molecule has 0 amide bonds. The van der Waals surface area contributed by atoms with Crippen LogP contribution < -0.4 is 4.74 Å². The molecule has 0 aromatic heterocycles. The van der Waals surface area contributed by atoms with E-state index in [2.05, 4.69) is 75.1 Å². The normalized spacial score (nSPS) is 26.8. The van der Waals surface area contributed by atoms with Crippen LogP contribution in [0.1, 0.15) is 103 Å². The molecule has 1 saturated heterocycles. The average molecular weight is 508 g/mol. The predicted octanol–water partition coefficient (Wildman–Crippen LogP) is 8.60. The van der Waals surface area contributed by atoms with E-state index in [0.29, 0.717) is 11.8 Å². The fraction of sp³-hybridized carbons (Fsp3) is 0.647. The highest BCUT2D eigenvalue weighted by atomic mass is 16.5. The number of hydrogen-bond acceptors (Lipinski definition) is 3. The summed E-state index contributed by atoms with van der Waals surface area (Å²) in [6.45, 7) is 11.1. The third kappa shape index (κ3) is 8.32. The summed E-state index contributed by atoms with van der Waals surface area (Å²) in [6, 6.07) is 19.7. The van der Waals surface area contributed by atoms with E-state index in [1.54, 1.807) is 7.11 Å². The van der Waals surface area contributed by atoms with Crippen molar-refractivity contribution in [2.75, 3.05) is 13.7 Å². The van der Waals surface area contributed by atoms with Crippen LogP contribution in [0.4, 0.5) is 0 Å². The van der Waals surface area contributed by atoms with Gasteiger partial charge in [0, 0.05) is 13.1 Å². The van der Waals surface area contributed by atoms with E-state index in [-0.39, 0.29) is 11.3 Å². The van der Waals surface area contributed by atoms with Crippen molar-refractivity contribution in [2.45, 2.75) is 110 Å². The Morgan fingerprint density at radius 3 is 2.38 bits per heavy atom. The molecule has 3 heteroatoms. The zero-order valence-electron chi connectivity index (χ0n) is 24.3. The predicted molar refractivity (Wildman–Crippen MR) is 157 cm³/mol. The molecule has 2 aromatic rings. The maximum atomic E-state index is 11.7. The number of benzene rings is 2. The maximum absolute atomic E-state index is 11.7. The lowest BCUT2D eigenvalue weighted by Crippen LogP contribution is -2.42. The Kier molecular flexibility index (Phi) is 12.0. The van der Waals surface area contributed by atoms with E-state index < -0.39 is 6.23 Å². The summed E-state index contributed by atoms with van der Waals surface area (Å²) >= 11 is 0. The SMILES string of the molecule is CCCCC1CCC[C@](CC(C)CC)(c2ccccc2)CCCN(Cc2ccc(OC)cc2)C(O)C1C. The summed E-state index contributed by atoms with van der Waals surface area (Å²) in [7, 11) is 1.71. The number of ether oxygens (including phenoxy) is 1. The van der Waals surface area contributed by atoms with E-state index in [1.165, 1.54) is 68.9 Å². The lowest BCUT2D eigenvalue weighted by molar-refractivity contribution is -0.0601. The van der Waals surface area contributed by atoms with Gasteiger partial charge in [-0.25, -0.2) is 0 Å². The van der Waals surface area contributed by atoms with Crippen molar-refractivity contribution in [3.63, 3.8) is 0 Å². The molecule has 1 heterocycles. The van der Waals surface area contributed by atoms with E-state index in [1.807, 2.05) is 12.1 Å². The van der Waals surface area contributed by atoms with E-state index in [9.17, 15) is 5.11 Å². The topological polar surface area (TPSA) is 32.7 Å². The molecule has 1 fully saturated rings. The zero-order chi connectivity index (χ0) is 26.7. The second-order valence-electron chi connectivity index (χ2n) is 11.9. The first-order chi connectivity index (χ1) is 17.9. The Morgan fingerprint density at radius 1 is 1.03 bits per heavy atom. The molecule has 0 aliphatic carbocycles. The number of unbranched alkanes of at least 4 members (excludes halogenated alkanes) is 1. The molecule has 0 bridgehead atoms. The second kappa shape index (κ2) is 14.9. The summed E-state index contributed by atoms with van der Waals surface area (Å²) in [6.07, 6.45) is 11.7. The van der Waals surface area contributed by atoms with Crippen LogP contribution in [-0.4, -0.2) is 29.9 Å². The van der Waals surface area contributed by atoms with Gasteiger partial charge in [0.15, 0.2) is 0 Å². The largest absolute Gasteiger partial charge is 0.497 e. The maximum Gasteiger partial charge on any atom is 0.118 e. The number of rotatable bonds is 10. The minimum atomic E-state index is -0.414. The first-order valence-electron chi connectivity index (χ1n) is 15.0. The van der Waals surface area contributed by atoms with Crippen LogP contribution in [0.15, 0.2) is 54.6 Å². The van der Waals surface area contributed by atoms with Crippen LogP contribution >= 0.6 is 0 Å². The summed E-state index contributed by atoms with van der Waals surface area (Å²) in [4.78, 5) is 2.36. The number of nitrogens with zero attached hydrogens (tertiary/aromatic N) is 1. The van der Waals surface area contributed by atoms with Gasteiger partial charge in [-0.05, 0) is 72.1 Å². The summed E-state index contributed by atoms with van der Waals surface area (Å²) in [5.41, 5.74) is 2.98. The molecule has 3 nitrogen and oxygen atoms in total. The average Bonchev–Trinajstić information content (AvgIpc) is 2.95. The number of aliphatic hydroxyl groups excluding tert-OH is 1. The highest BCUT2D eigenvalue weighted by Crippen LogP contribution is 2.43. The van der Waals surface area contributed by atoms with E-state index in [4.69, 9.17) is 4.74 Å². The highest BCUT2D eigenvalue weighted by molar-refractivity contribution is 5.27. The van der Waals surface area contributed by atoms with Gasteiger partial charge in [-0.2, -0.15) is 0 Å². The molecule has 1 aliphatic heterocycles. The van der Waals surface area contributed by atoms with Crippen LogP contribution in [-0.2, 0) is 12.0 Å². The van der Waals surface area contributed by atoms with Gasteiger partial charge < -0.3 is 9.84 Å². The van der Waals surface area contributed by atoms with Crippen molar-refractivity contribution in [3.8, 4) is 5.75 Å². The van der Waals surface area contributed by atoms with E-state index >= 15 is 0 Å². The lowest BCUT2D eigenvalue weighted by atomic mass is 9.67. The van der Waals surface area contributed by atoms with Crippen molar-refractivity contribution in [1.29, 1.82) is 0 Å². The van der Waals surface area contributed by atoms with Gasteiger partial charge in [0.25, 0.3) is 0 Å². The first-order valence-corrected chi connectivity index (χ1v) is 15.0. The van der Waals surface area contributed by atoms with E-state index in [0.717, 1.165) is 25.3 Å². The van der Waals surface area contributed by atoms with Gasteiger partial charge >= 0.3 is 0 Å². The van der Waals surface area contributed by atoms with Crippen LogP contribution in [0, 0.1) is 17.8 Å². The fourth-order valence-corrected chi connectivity index (χ4v) is 6.64. The van der Waals surface area contributed by atoms with Crippen molar-refractivity contribution in [1.82, 2.24) is 4.90 Å². The molecule has 1 aliphatic rings. The van der Waals surface area contributed by atoms with Gasteiger partial charge in [0.05, 0.1) is 7.11 Å². The van der Waals surface area contributed by atoms with Gasteiger partial charge in [0.1, 0.15) is 12.0 Å². The quantitative estimate of drug-likeness (QED) is 0.349. The van der Waals surface area contributed by atoms with Crippen LogP contribution in [0.2, 0.25) is 0 Å². The molecular formula is C34H53NO2. The number of hydrogen-bond donors (Lipinski definition) is 1. The standard InChI is InChI=1S/C34H53NO2/c1-6-8-14-30-15-12-22-34(25-27(3)7-2,31-16-10-9-11-17-31)23-13-24-35(33(36)28(30)4)26-29-18-20-32(37-5)21-19-29/h9-11,16-21,27-28,30,33,36H,6-8,12-15,22-26H2,1-5H3/t27?,28?,30?,33?,34-/m0/s1. The zero-order valence-corrected chi connectivity index (χ0v) is 24.3. The van der Waals surface area contributed by atoms with Crippen molar-refractivity contribution < 1.29 is 9.84 Å². The van der Waals surface area contributed by atoms with Gasteiger partial charge in [-0.1, -0.05) is 109 Å². The molecule has 0 saturated carbocycles. The highest BCUT2D eigenvalue weighted by Gasteiger charge is 2.36. The van der Waals surface area contributed by atoms with Crippen molar-refractivity contribution in [3.05, 3.63) is 65.7 Å². The minimum Gasteiger partial charge on any atom is -0.497 e. The number of aliphatic hydroxyl groups is 1. The number of methoxy groups -OCH3 is 1. The lowest BCUT2D eigenvalue weighted by Gasteiger charge is -2.38. The van der Waals surface area contributed by atoms with Gasteiger partial charge in [-0.3, -0.25) is 4.90 Å². The Morgan fingerprint density at radius 2 is 1.73 bits per heavy atom. The van der Waals surface area contributed by atoms with Gasteiger partial charge in [-0.15, -0.1) is 0 Å². The van der Waals surface area contributed by atoms with Gasteiger partial charge in [0.2, 0.25) is 0 Å². The second-order valence-corrected chi connectivity index (χ2v) is 11.9. The summed E-state index contributed by atoms with van der Waals surface area (Å²) < 4.78 is 5.37. The molecule has 1 N–H and O–H groups in total. The third-order valence-electron chi connectivity index (χ3n) is 9.21. The Hall–Kier alpha value is -1.84. The Labute approximate surface area is 227 Å². The molecule has 2 aromatic carbocycles. The summed E-state index contributed by atoms with van der Waals surface area (Å²) in [5.74, 6) is 2.42. The molecule has 4 unspecified atom stereocenters. The summed E-state index contributed by atoms with van der Waals surface area (Å²) in [5, 5.41) is 11.7. The molecule has 0 spiro atoms. The molecule has 206 valence electrons. The molecule has 0 radical (unpaired) electrons. The fourth-order valence-electron chi connectivity index (χ4n) is 6.64. The van der Waals surface area contributed by atoms with Crippen LogP contribution in [0.25, 0.3) is 0 Å².